The molecule has 0 amide bonds. The van der Waals surface area contributed by atoms with E-state index in [1.54, 1.807) is 0 Å². The minimum atomic E-state index is 0.417. The molecule has 0 bridgehead atoms. The molecule has 0 saturated heterocycles. The van der Waals surface area contributed by atoms with Crippen LogP contribution in [0.15, 0.2) is 36.4 Å². The molecule has 0 aliphatic rings. The van der Waals surface area contributed by atoms with E-state index in [0.717, 1.165) is 28.2 Å². The summed E-state index contributed by atoms with van der Waals surface area (Å²) in [6.07, 6.45) is 0. The van der Waals surface area contributed by atoms with Gasteiger partial charge in [0.1, 0.15) is 0 Å². The molecule has 0 spiro atoms. The highest BCUT2D eigenvalue weighted by molar-refractivity contribution is 5.96. The fourth-order valence-corrected chi connectivity index (χ4v) is 2.21. The van der Waals surface area contributed by atoms with Crippen LogP contribution >= 0.6 is 0 Å². The van der Waals surface area contributed by atoms with Crippen LogP contribution in [-0.4, -0.2) is 15.2 Å². The third kappa shape index (κ3) is 1.67. The molecule has 2 aromatic heterocycles. The molecule has 90 valence electrons. The van der Waals surface area contributed by atoms with Crippen molar-refractivity contribution in [2.75, 3.05) is 0 Å². The number of benzene rings is 1. The summed E-state index contributed by atoms with van der Waals surface area (Å²) >= 11 is 0. The first kappa shape index (κ1) is 10.9. The number of rotatable bonds is 2. The average molecular weight is 238 g/mol. The molecule has 0 aliphatic heterocycles. The largest absolute Gasteiger partial charge is 0.358 e. The number of nitrogens with one attached hydrogen (secondary N) is 1. The van der Waals surface area contributed by atoms with Gasteiger partial charge in [-0.1, -0.05) is 18.2 Å². The van der Waals surface area contributed by atoms with Gasteiger partial charge in [-0.25, -0.2) is 0 Å². The third-order valence-corrected chi connectivity index (χ3v) is 3.08. The summed E-state index contributed by atoms with van der Waals surface area (Å²) in [5, 5.41) is 9.54. The molecule has 4 nitrogen and oxygen atoms in total. The topological polar surface area (TPSA) is 67.6 Å². The van der Waals surface area contributed by atoms with Gasteiger partial charge in [-0.15, -0.1) is 0 Å². The molecule has 0 aliphatic carbocycles. The Kier molecular flexibility index (Phi) is 2.57. The summed E-state index contributed by atoms with van der Waals surface area (Å²) in [6, 6.07) is 12.1. The van der Waals surface area contributed by atoms with Crippen LogP contribution in [0.4, 0.5) is 0 Å². The first-order chi connectivity index (χ1) is 8.79. The molecule has 0 unspecified atom stereocenters. The van der Waals surface area contributed by atoms with Crippen LogP contribution in [0.25, 0.3) is 22.2 Å². The molecular formula is C14H14N4. The van der Waals surface area contributed by atoms with Crippen LogP contribution in [0.5, 0.6) is 0 Å². The molecule has 18 heavy (non-hydrogen) atoms. The van der Waals surface area contributed by atoms with Gasteiger partial charge in [0.15, 0.2) is 0 Å². The van der Waals surface area contributed by atoms with E-state index in [2.05, 4.69) is 27.3 Å². The predicted molar refractivity (Wildman–Crippen MR) is 72.0 cm³/mol. The van der Waals surface area contributed by atoms with Crippen molar-refractivity contribution in [1.82, 2.24) is 15.2 Å². The highest BCUT2D eigenvalue weighted by Crippen LogP contribution is 2.30. The first-order valence-electron chi connectivity index (χ1n) is 5.90. The number of fused-ring (bicyclic) bond motifs is 1. The van der Waals surface area contributed by atoms with Crippen molar-refractivity contribution in [2.45, 2.75) is 13.5 Å². The van der Waals surface area contributed by atoms with Gasteiger partial charge in [0.2, 0.25) is 0 Å². The molecule has 4 heteroatoms. The molecular weight excluding hydrogens is 224 g/mol. The summed E-state index contributed by atoms with van der Waals surface area (Å²) in [7, 11) is 0. The lowest BCUT2D eigenvalue weighted by Gasteiger charge is -2.01. The highest BCUT2D eigenvalue weighted by atomic mass is 15.1. The van der Waals surface area contributed by atoms with E-state index in [0.29, 0.717) is 6.54 Å². The van der Waals surface area contributed by atoms with Gasteiger partial charge in [0.05, 0.1) is 11.4 Å². The van der Waals surface area contributed by atoms with Crippen molar-refractivity contribution >= 4 is 10.9 Å². The number of nitrogens with two attached hydrogens (primary N) is 1. The average Bonchev–Trinajstić information content (AvgIpc) is 2.75. The lowest BCUT2D eigenvalue weighted by molar-refractivity contribution is 0.902. The van der Waals surface area contributed by atoms with Gasteiger partial charge in [-0.2, -0.15) is 10.2 Å². The van der Waals surface area contributed by atoms with E-state index in [9.17, 15) is 0 Å². The minimum Gasteiger partial charge on any atom is -0.358 e. The Bertz CT molecular complexity index is 683. The second-order valence-corrected chi connectivity index (χ2v) is 4.28. The van der Waals surface area contributed by atoms with E-state index in [-0.39, 0.29) is 0 Å². The predicted octanol–water partition coefficient (Wildman–Crippen LogP) is 2.39. The number of aromatic nitrogens is 3. The molecule has 3 rings (SSSR count). The maximum Gasteiger partial charge on any atom is 0.0954 e. The summed E-state index contributed by atoms with van der Waals surface area (Å²) in [6.45, 7) is 2.47. The molecule has 0 saturated carbocycles. The van der Waals surface area contributed by atoms with Gasteiger partial charge in [0.25, 0.3) is 0 Å². The number of hydrogen-bond acceptors (Lipinski definition) is 3. The van der Waals surface area contributed by atoms with Crippen molar-refractivity contribution in [3.8, 4) is 11.3 Å². The number of nitrogens with zero attached hydrogens (tertiary/aromatic N) is 2. The summed E-state index contributed by atoms with van der Waals surface area (Å²) in [5.74, 6) is 0. The van der Waals surface area contributed by atoms with Gasteiger partial charge < -0.3 is 10.7 Å². The first-order valence-corrected chi connectivity index (χ1v) is 5.90. The fourth-order valence-electron chi connectivity index (χ4n) is 2.21. The van der Waals surface area contributed by atoms with Gasteiger partial charge in [-0.3, -0.25) is 0 Å². The number of aromatic amines is 1. The van der Waals surface area contributed by atoms with E-state index in [1.165, 1.54) is 5.39 Å². The Balaban J connectivity index is 2.20. The molecule has 0 fully saturated rings. The van der Waals surface area contributed by atoms with Crippen molar-refractivity contribution in [3.05, 3.63) is 47.8 Å². The SMILES string of the molecule is Cc1[nH]c2ccccc2c1-c1ccc(CN)nn1. The summed E-state index contributed by atoms with van der Waals surface area (Å²) in [5.41, 5.74) is 10.5. The van der Waals surface area contributed by atoms with Crippen molar-refractivity contribution < 1.29 is 0 Å². The smallest absolute Gasteiger partial charge is 0.0954 e. The van der Waals surface area contributed by atoms with Crippen LogP contribution in [0.3, 0.4) is 0 Å². The molecule has 3 aromatic rings. The fraction of sp³-hybridized carbons (Fsp3) is 0.143. The Hall–Kier alpha value is -2.20. The molecule has 2 heterocycles. The summed E-state index contributed by atoms with van der Waals surface area (Å²) < 4.78 is 0. The second kappa shape index (κ2) is 4.23. The van der Waals surface area contributed by atoms with E-state index in [4.69, 9.17) is 5.73 Å². The van der Waals surface area contributed by atoms with E-state index >= 15 is 0 Å². The Morgan fingerprint density at radius 3 is 2.67 bits per heavy atom. The zero-order chi connectivity index (χ0) is 12.5. The molecule has 0 radical (unpaired) electrons. The lowest BCUT2D eigenvalue weighted by atomic mass is 10.1. The van der Waals surface area contributed by atoms with Gasteiger partial charge in [-0.05, 0) is 25.1 Å². The Labute approximate surface area is 105 Å². The minimum absolute atomic E-state index is 0.417. The van der Waals surface area contributed by atoms with Crippen LogP contribution in [0.1, 0.15) is 11.4 Å². The zero-order valence-electron chi connectivity index (χ0n) is 10.1. The summed E-state index contributed by atoms with van der Waals surface area (Å²) in [4.78, 5) is 3.36. The van der Waals surface area contributed by atoms with Crippen LogP contribution in [-0.2, 0) is 6.54 Å². The van der Waals surface area contributed by atoms with Gasteiger partial charge in [0, 0.05) is 28.7 Å². The molecule has 0 atom stereocenters. The number of para-hydroxylation sites is 1. The monoisotopic (exact) mass is 238 g/mol. The third-order valence-electron chi connectivity index (χ3n) is 3.08. The Morgan fingerprint density at radius 1 is 1.11 bits per heavy atom. The van der Waals surface area contributed by atoms with Crippen LogP contribution in [0.2, 0.25) is 0 Å². The molecule has 1 aromatic carbocycles. The molecule has 3 N–H and O–H groups in total. The standard InChI is InChI=1S/C14H14N4/c1-9-14(11-4-2-3-5-12(11)16-9)13-7-6-10(8-15)17-18-13/h2-7,16H,8,15H2,1H3. The maximum atomic E-state index is 5.53. The lowest BCUT2D eigenvalue weighted by Crippen LogP contribution is -2.01. The maximum absolute atomic E-state index is 5.53. The van der Waals surface area contributed by atoms with Gasteiger partial charge >= 0.3 is 0 Å². The Morgan fingerprint density at radius 2 is 1.94 bits per heavy atom. The second-order valence-electron chi connectivity index (χ2n) is 4.28. The zero-order valence-corrected chi connectivity index (χ0v) is 10.1. The van der Waals surface area contributed by atoms with Crippen molar-refractivity contribution in [1.29, 1.82) is 0 Å². The highest BCUT2D eigenvalue weighted by Gasteiger charge is 2.11. The van der Waals surface area contributed by atoms with E-state index in [1.807, 2.05) is 31.2 Å². The number of hydrogen-bond donors (Lipinski definition) is 2. The van der Waals surface area contributed by atoms with E-state index < -0.39 is 0 Å². The quantitative estimate of drug-likeness (QED) is 0.720. The van der Waals surface area contributed by atoms with Crippen molar-refractivity contribution in [2.24, 2.45) is 5.73 Å². The number of aryl methyl sites for hydroxylation is 1. The van der Waals surface area contributed by atoms with Crippen LogP contribution < -0.4 is 5.73 Å². The van der Waals surface area contributed by atoms with Crippen molar-refractivity contribution in [3.63, 3.8) is 0 Å². The normalized spacial score (nSPS) is 11.0. The van der Waals surface area contributed by atoms with Crippen LogP contribution in [0, 0.1) is 6.92 Å². The number of H-pyrrole nitrogens is 1.